The molecule has 0 saturated heterocycles. The van der Waals surface area contributed by atoms with Gasteiger partial charge in [0.15, 0.2) is 5.13 Å². The highest BCUT2D eigenvalue weighted by Gasteiger charge is 2.24. The van der Waals surface area contributed by atoms with Gasteiger partial charge in [0.2, 0.25) is 5.91 Å². The minimum Gasteiger partial charge on any atom is -0.495 e. The molecule has 3 heterocycles. The Morgan fingerprint density at radius 2 is 1.81 bits per heavy atom. The van der Waals surface area contributed by atoms with Crippen LogP contribution in [0, 0.1) is 6.92 Å². The highest BCUT2D eigenvalue weighted by molar-refractivity contribution is 7.22. The summed E-state index contributed by atoms with van der Waals surface area (Å²) in [7, 11) is 1.52. The summed E-state index contributed by atoms with van der Waals surface area (Å²) in [6.45, 7) is 3.32. The SMILES string of the molecule is COc1ccccc1NC(=O)c1sc2ncn(C(C)C(=O)Nc3nc4ccccc4s3)c(=O)c2c1C. The number of nitrogens with one attached hydrogen (secondary N) is 2. The molecule has 0 radical (unpaired) electrons. The van der Waals surface area contributed by atoms with Crippen molar-refractivity contribution >= 4 is 65.7 Å². The Bertz CT molecular complexity index is 1650. The monoisotopic (exact) mass is 519 g/mol. The van der Waals surface area contributed by atoms with Crippen LogP contribution in [0.1, 0.15) is 28.2 Å². The van der Waals surface area contributed by atoms with Crippen LogP contribution in [0.5, 0.6) is 5.75 Å². The molecule has 0 bridgehead atoms. The first-order valence-electron chi connectivity index (χ1n) is 11.0. The molecule has 36 heavy (non-hydrogen) atoms. The van der Waals surface area contributed by atoms with Gasteiger partial charge in [0.1, 0.15) is 16.6 Å². The van der Waals surface area contributed by atoms with E-state index in [1.807, 2.05) is 24.3 Å². The third-order valence-corrected chi connectivity index (χ3v) is 7.91. The second-order valence-corrected chi connectivity index (χ2v) is 10.0. The molecule has 2 amide bonds. The van der Waals surface area contributed by atoms with Crippen molar-refractivity contribution < 1.29 is 14.3 Å². The van der Waals surface area contributed by atoms with E-state index in [9.17, 15) is 14.4 Å². The van der Waals surface area contributed by atoms with Crippen LogP contribution in [0.15, 0.2) is 59.7 Å². The summed E-state index contributed by atoms with van der Waals surface area (Å²) in [5.41, 5.74) is 1.43. The number of para-hydroxylation sites is 3. The Hall–Kier alpha value is -4.09. The van der Waals surface area contributed by atoms with Gasteiger partial charge in [-0.1, -0.05) is 35.6 Å². The average molecular weight is 520 g/mol. The quantitative estimate of drug-likeness (QED) is 0.332. The molecule has 2 N–H and O–H groups in total. The lowest BCUT2D eigenvalue weighted by Gasteiger charge is -2.13. The molecule has 5 rings (SSSR count). The van der Waals surface area contributed by atoms with Crippen molar-refractivity contribution in [3.05, 3.63) is 75.7 Å². The number of rotatable bonds is 6. The van der Waals surface area contributed by atoms with Gasteiger partial charge in [-0.05, 0) is 43.7 Å². The second-order valence-electron chi connectivity index (χ2n) is 8.00. The number of aromatic nitrogens is 3. The number of anilines is 2. The predicted molar refractivity (Wildman–Crippen MR) is 143 cm³/mol. The van der Waals surface area contributed by atoms with Gasteiger partial charge >= 0.3 is 0 Å². The summed E-state index contributed by atoms with van der Waals surface area (Å²) in [6.07, 6.45) is 1.34. The summed E-state index contributed by atoms with van der Waals surface area (Å²) < 4.78 is 7.52. The smallest absolute Gasteiger partial charge is 0.266 e. The minimum absolute atomic E-state index is 0.312. The maximum atomic E-state index is 13.4. The number of ether oxygens (including phenoxy) is 1. The third-order valence-electron chi connectivity index (χ3n) is 5.76. The standard InChI is InChI=1S/C25H21N5O4S2/c1-13-19-23(36-20(13)22(32)27-15-8-4-6-10-17(15)34-3)26-12-30(24(19)33)14(2)21(31)29-25-28-16-9-5-7-11-18(16)35-25/h4-12,14H,1-3H3,(H,27,32)(H,28,29,31). The molecule has 3 aromatic heterocycles. The molecule has 0 aliphatic heterocycles. The maximum Gasteiger partial charge on any atom is 0.266 e. The minimum atomic E-state index is -0.841. The molecule has 182 valence electrons. The predicted octanol–water partition coefficient (Wildman–Crippen LogP) is 4.84. The van der Waals surface area contributed by atoms with Gasteiger partial charge in [-0.15, -0.1) is 11.3 Å². The number of thiazole rings is 1. The van der Waals surface area contributed by atoms with Crippen molar-refractivity contribution in [2.24, 2.45) is 0 Å². The first-order chi connectivity index (χ1) is 17.4. The van der Waals surface area contributed by atoms with E-state index in [4.69, 9.17) is 4.74 Å². The van der Waals surface area contributed by atoms with Crippen molar-refractivity contribution in [2.45, 2.75) is 19.9 Å². The van der Waals surface area contributed by atoms with Crippen molar-refractivity contribution in [1.29, 1.82) is 0 Å². The number of methoxy groups -OCH3 is 1. The van der Waals surface area contributed by atoms with Crippen LogP contribution in [0.4, 0.5) is 10.8 Å². The molecule has 2 aromatic carbocycles. The van der Waals surface area contributed by atoms with Crippen molar-refractivity contribution in [1.82, 2.24) is 14.5 Å². The van der Waals surface area contributed by atoms with Crippen LogP contribution in [0.25, 0.3) is 20.4 Å². The fourth-order valence-corrected chi connectivity index (χ4v) is 5.72. The topological polar surface area (TPSA) is 115 Å². The Labute approximate surface area is 213 Å². The Kier molecular flexibility index (Phi) is 6.25. The first kappa shape index (κ1) is 23.6. The van der Waals surface area contributed by atoms with Crippen LogP contribution in [0.2, 0.25) is 0 Å². The lowest BCUT2D eigenvalue weighted by Crippen LogP contribution is -2.31. The zero-order valence-corrected chi connectivity index (χ0v) is 21.2. The van der Waals surface area contributed by atoms with Gasteiger partial charge in [0.25, 0.3) is 11.5 Å². The van der Waals surface area contributed by atoms with Gasteiger partial charge in [0, 0.05) is 0 Å². The highest BCUT2D eigenvalue weighted by Crippen LogP contribution is 2.30. The summed E-state index contributed by atoms with van der Waals surface area (Å²) >= 11 is 2.49. The molecule has 1 atom stereocenters. The molecule has 0 fully saturated rings. The molecule has 11 heteroatoms. The van der Waals surface area contributed by atoms with E-state index in [0.717, 1.165) is 21.6 Å². The second kappa shape index (κ2) is 9.51. The van der Waals surface area contributed by atoms with Crippen LogP contribution >= 0.6 is 22.7 Å². The highest BCUT2D eigenvalue weighted by atomic mass is 32.1. The van der Waals surface area contributed by atoms with E-state index < -0.39 is 11.6 Å². The van der Waals surface area contributed by atoms with E-state index in [2.05, 4.69) is 20.6 Å². The molecule has 0 aliphatic carbocycles. The number of hydrogen-bond donors (Lipinski definition) is 2. The molecule has 0 spiro atoms. The first-order valence-corrected chi connectivity index (χ1v) is 12.6. The Balaban J connectivity index is 1.42. The number of carbonyl (C=O) groups is 2. The van der Waals surface area contributed by atoms with E-state index in [1.165, 1.54) is 29.3 Å². The van der Waals surface area contributed by atoms with E-state index in [-0.39, 0.29) is 11.8 Å². The average Bonchev–Trinajstić information content (AvgIpc) is 3.44. The summed E-state index contributed by atoms with van der Waals surface area (Å²) in [4.78, 5) is 48.9. The fourth-order valence-electron chi connectivity index (χ4n) is 3.82. The van der Waals surface area contributed by atoms with E-state index >= 15 is 0 Å². The van der Waals surface area contributed by atoms with Crippen LogP contribution in [0.3, 0.4) is 0 Å². The third kappa shape index (κ3) is 4.23. The molecule has 0 saturated carbocycles. The lowest BCUT2D eigenvalue weighted by molar-refractivity contribution is -0.118. The summed E-state index contributed by atoms with van der Waals surface area (Å²) in [5, 5.41) is 6.39. The number of benzene rings is 2. The fraction of sp³-hybridized carbons (Fsp3) is 0.160. The van der Waals surface area contributed by atoms with Gasteiger partial charge in [-0.2, -0.15) is 0 Å². The molecular weight excluding hydrogens is 498 g/mol. The molecule has 5 aromatic rings. The van der Waals surface area contributed by atoms with Gasteiger partial charge in [0.05, 0.1) is 39.6 Å². The van der Waals surface area contributed by atoms with Crippen LogP contribution in [-0.4, -0.2) is 33.5 Å². The Morgan fingerprint density at radius 1 is 1.06 bits per heavy atom. The number of fused-ring (bicyclic) bond motifs is 2. The van der Waals surface area contributed by atoms with E-state index in [0.29, 0.717) is 37.2 Å². The van der Waals surface area contributed by atoms with E-state index in [1.54, 1.807) is 38.1 Å². The molecule has 1 unspecified atom stereocenters. The largest absolute Gasteiger partial charge is 0.495 e. The number of hydrogen-bond acceptors (Lipinski definition) is 8. The van der Waals surface area contributed by atoms with Crippen molar-refractivity contribution in [3.8, 4) is 5.75 Å². The number of carbonyl (C=O) groups excluding carboxylic acids is 2. The normalized spacial score (nSPS) is 12.0. The van der Waals surface area contributed by atoms with Crippen molar-refractivity contribution in [2.75, 3.05) is 17.7 Å². The molecule has 9 nitrogen and oxygen atoms in total. The van der Waals surface area contributed by atoms with Gasteiger partial charge in [-0.25, -0.2) is 9.97 Å². The zero-order chi connectivity index (χ0) is 25.4. The molecule has 0 aliphatic rings. The molecular formula is C25H21N5O4S2. The number of thiophene rings is 1. The number of nitrogens with zero attached hydrogens (tertiary/aromatic N) is 3. The van der Waals surface area contributed by atoms with Crippen LogP contribution < -0.4 is 20.9 Å². The number of aryl methyl sites for hydroxylation is 1. The Morgan fingerprint density at radius 3 is 2.58 bits per heavy atom. The van der Waals surface area contributed by atoms with Gasteiger partial charge in [-0.3, -0.25) is 19.0 Å². The summed E-state index contributed by atoms with van der Waals surface area (Å²) in [6, 6.07) is 13.8. The van der Waals surface area contributed by atoms with Gasteiger partial charge < -0.3 is 15.4 Å². The number of amides is 2. The van der Waals surface area contributed by atoms with Crippen LogP contribution in [-0.2, 0) is 4.79 Å². The van der Waals surface area contributed by atoms with Crippen molar-refractivity contribution in [3.63, 3.8) is 0 Å². The lowest BCUT2D eigenvalue weighted by atomic mass is 10.2. The zero-order valence-electron chi connectivity index (χ0n) is 19.6. The summed E-state index contributed by atoms with van der Waals surface area (Å²) in [5.74, 6) is -0.232. The maximum absolute atomic E-state index is 13.4.